The van der Waals surface area contributed by atoms with Crippen LogP contribution in [0.15, 0.2) is 17.6 Å². The molecular formula is C13H17N3S. The molecule has 0 radical (unpaired) electrons. The van der Waals surface area contributed by atoms with E-state index in [-0.39, 0.29) is 0 Å². The lowest BCUT2D eigenvalue weighted by Crippen LogP contribution is -2.23. The minimum Gasteiger partial charge on any atom is -0.356 e. The molecule has 0 spiro atoms. The first kappa shape index (κ1) is 10.8. The second-order valence-electron chi connectivity index (χ2n) is 4.52. The van der Waals surface area contributed by atoms with Gasteiger partial charge in [-0.05, 0) is 36.8 Å². The minimum atomic E-state index is 0.471. The zero-order valence-electron chi connectivity index (χ0n) is 10.2. The first-order valence-corrected chi connectivity index (χ1v) is 7.03. The van der Waals surface area contributed by atoms with E-state index in [4.69, 9.17) is 0 Å². The van der Waals surface area contributed by atoms with Gasteiger partial charge in [-0.3, -0.25) is 0 Å². The van der Waals surface area contributed by atoms with Crippen molar-refractivity contribution in [2.75, 3.05) is 11.9 Å². The molecule has 1 unspecified atom stereocenters. The number of imidazole rings is 1. The largest absolute Gasteiger partial charge is 0.356 e. The number of nitrogens with zero attached hydrogens (tertiary/aromatic N) is 2. The zero-order valence-corrected chi connectivity index (χ0v) is 11.0. The van der Waals surface area contributed by atoms with Crippen molar-refractivity contribution in [3.63, 3.8) is 0 Å². The molecule has 0 saturated heterocycles. The van der Waals surface area contributed by atoms with Gasteiger partial charge in [-0.1, -0.05) is 6.92 Å². The molecule has 3 heterocycles. The van der Waals surface area contributed by atoms with Crippen LogP contribution in [0.4, 0.5) is 5.95 Å². The van der Waals surface area contributed by atoms with Crippen molar-refractivity contribution >= 4 is 17.3 Å². The van der Waals surface area contributed by atoms with Gasteiger partial charge >= 0.3 is 0 Å². The Morgan fingerprint density at radius 3 is 3.18 bits per heavy atom. The molecule has 2 aromatic heterocycles. The Labute approximate surface area is 106 Å². The van der Waals surface area contributed by atoms with Crippen molar-refractivity contribution in [1.82, 2.24) is 9.55 Å². The van der Waals surface area contributed by atoms with Gasteiger partial charge in [0, 0.05) is 17.6 Å². The van der Waals surface area contributed by atoms with Gasteiger partial charge in [0.25, 0.3) is 0 Å². The molecule has 0 bridgehead atoms. The lowest BCUT2D eigenvalue weighted by Gasteiger charge is -2.25. The maximum Gasteiger partial charge on any atom is 0.203 e. The van der Waals surface area contributed by atoms with E-state index in [9.17, 15) is 0 Å². The van der Waals surface area contributed by atoms with Gasteiger partial charge in [0.05, 0.1) is 11.7 Å². The molecule has 3 rings (SSSR count). The summed E-state index contributed by atoms with van der Waals surface area (Å²) in [6, 6.07) is 2.68. The molecule has 1 aliphatic rings. The summed E-state index contributed by atoms with van der Waals surface area (Å²) >= 11 is 1.86. The second kappa shape index (κ2) is 4.18. The summed E-state index contributed by atoms with van der Waals surface area (Å²) in [6.45, 7) is 5.37. The summed E-state index contributed by atoms with van der Waals surface area (Å²) in [4.78, 5) is 6.09. The van der Waals surface area contributed by atoms with Crippen molar-refractivity contribution in [2.45, 2.75) is 32.7 Å². The van der Waals surface area contributed by atoms with Crippen LogP contribution < -0.4 is 5.32 Å². The van der Waals surface area contributed by atoms with E-state index in [0.717, 1.165) is 25.3 Å². The highest BCUT2D eigenvalue weighted by Gasteiger charge is 2.24. The van der Waals surface area contributed by atoms with Crippen LogP contribution in [0.3, 0.4) is 0 Å². The normalized spacial score (nSPS) is 18.8. The maximum absolute atomic E-state index is 4.62. The summed E-state index contributed by atoms with van der Waals surface area (Å²) in [5.41, 5.74) is 2.58. The van der Waals surface area contributed by atoms with Crippen LogP contribution in [-0.2, 0) is 6.42 Å². The monoisotopic (exact) mass is 247 g/mol. The fourth-order valence-corrected chi connectivity index (χ4v) is 3.49. The number of aromatic nitrogens is 2. The number of rotatable bonds is 2. The SMILES string of the molecule is CCc1cn2c(n1)NCCC2c1sccc1C. The van der Waals surface area contributed by atoms with Crippen LogP contribution in [0.1, 0.15) is 35.5 Å². The summed E-state index contributed by atoms with van der Waals surface area (Å²) in [7, 11) is 0. The van der Waals surface area contributed by atoms with E-state index in [1.165, 1.54) is 16.1 Å². The van der Waals surface area contributed by atoms with E-state index in [2.05, 4.69) is 46.4 Å². The molecule has 17 heavy (non-hydrogen) atoms. The van der Waals surface area contributed by atoms with Gasteiger partial charge in [-0.15, -0.1) is 11.3 Å². The quantitative estimate of drug-likeness (QED) is 0.883. The van der Waals surface area contributed by atoms with Crippen LogP contribution in [0.5, 0.6) is 0 Å². The second-order valence-corrected chi connectivity index (χ2v) is 5.46. The fourth-order valence-electron chi connectivity index (χ4n) is 2.43. The maximum atomic E-state index is 4.62. The van der Waals surface area contributed by atoms with Crippen LogP contribution in [0.2, 0.25) is 0 Å². The first-order chi connectivity index (χ1) is 8.29. The van der Waals surface area contributed by atoms with Gasteiger partial charge in [0.2, 0.25) is 5.95 Å². The summed E-state index contributed by atoms with van der Waals surface area (Å²) < 4.78 is 2.31. The van der Waals surface area contributed by atoms with Crippen molar-refractivity contribution in [1.29, 1.82) is 0 Å². The smallest absolute Gasteiger partial charge is 0.203 e. The highest BCUT2D eigenvalue weighted by molar-refractivity contribution is 7.10. The molecular weight excluding hydrogens is 230 g/mol. The number of thiophene rings is 1. The Kier molecular flexibility index (Phi) is 2.67. The van der Waals surface area contributed by atoms with E-state index in [1.54, 1.807) is 0 Å². The predicted molar refractivity (Wildman–Crippen MR) is 71.9 cm³/mol. The Balaban J connectivity index is 2.04. The summed E-state index contributed by atoms with van der Waals surface area (Å²) in [5.74, 6) is 1.03. The summed E-state index contributed by atoms with van der Waals surface area (Å²) in [6.07, 6.45) is 4.34. The van der Waals surface area contributed by atoms with Crippen molar-refractivity contribution in [3.8, 4) is 0 Å². The topological polar surface area (TPSA) is 29.9 Å². The van der Waals surface area contributed by atoms with E-state index in [1.807, 2.05) is 11.3 Å². The average Bonchev–Trinajstić information content (AvgIpc) is 2.93. The van der Waals surface area contributed by atoms with Crippen molar-refractivity contribution in [2.24, 2.45) is 0 Å². The Morgan fingerprint density at radius 1 is 1.59 bits per heavy atom. The highest BCUT2D eigenvalue weighted by Crippen LogP contribution is 2.34. The molecule has 0 saturated carbocycles. The van der Waals surface area contributed by atoms with Gasteiger partial charge in [-0.25, -0.2) is 4.98 Å². The average molecular weight is 247 g/mol. The van der Waals surface area contributed by atoms with Gasteiger partial charge in [-0.2, -0.15) is 0 Å². The molecule has 1 aliphatic heterocycles. The van der Waals surface area contributed by atoms with Crippen molar-refractivity contribution in [3.05, 3.63) is 33.8 Å². The third-order valence-electron chi connectivity index (χ3n) is 3.39. The van der Waals surface area contributed by atoms with Gasteiger partial charge in [0.15, 0.2) is 0 Å². The lowest BCUT2D eigenvalue weighted by atomic mass is 10.1. The van der Waals surface area contributed by atoms with E-state index < -0.39 is 0 Å². The molecule has 0 amide bonds. The molecule has 1 atom stereocenters. The Bertz CT molecular complexity index is 527. The van der Waals surface area contributed by atoms with E-state index in [0.29, 0.717) is 6.04 Å². The van der Waals surface area contributed by atoms with E-state index >= 15 is 0 Å². The zero-order chi connectivity index (χ0) is 11.8. The molecule has 3 nitrogen and oxygen atoms in total. The molecule has 0 aliphatic carbocycles. The fraction of sp³-hybridized carbons (Fsp3) is 0.462. The Morgan fingerprint density at radius 2 is 2.47 bits per heavy atom. The van der Waals surface area contributed by atoms with Gasteiger partial charge < -0.3 is 9.88 Å². The van der Waals surface area contributed by atoms with Crippen molar-refractivity contribution < 1.29 is 0 Å². The number of nitrogens with one attached hydrogen (secondary N) is 1. The third-order valence-corrected chi connectivity index (χ3v) is 4.51. The molecule has 2 aromatic rings. The molecule has 0 aromatic carbocycles. The summed E-state index contributed by atoms with van der Waals surface area (Å²) in [5, 5.41) is 5.57. The number of hydrogen-bond donors (Lipinski definition) is 1. The van der Waals surface area contributed by atoms with Crippen LogP contribution >= 0.6 is 11.3 Å². The van der Waals surface area contributed by atoms with Crippen LogP contribution in [0, 0.1) is 6.92 Å². The van der Waals surface area contributed by atoms with Crippen LogP contribution in [0.25, 0.3) is 0 Å². The van der Waals surface area contributed by atoms with Gasteiger partial charge in [0.1, 0.15) is 0 Å². The highest BCUT2D eigenvalue weighted by atomic mass is 32.1. The number of anilines is 1. The predicted octanol–water partition coefficient (Wildman–Crippen LogP) is 3.22. The third kappa shape index (κ3) is 1.76. The molecule has 1 N–H and O–H groups in total. The number of aryl methyl sites for hydroxylation is 2. The standard InChI is InChI=1S/C13H17N3S/c1-3-10-8-16-11(4-6-14-13(16)15-10)12-9(2)5-7-17-12/h5,7-8,11H,3-4,6H2,1-2H3,(H,14,15). The first-order valence-electron chi connectivity index (χ1n) is 6.15. The molecule has 90 valence electrons. The molecule has 0 fully saturated rings. The number of hydrogen-bond acceptors (Lipinski definition) is 3. The lowest BCUT2D eigenvalue weighted by molar-refractivity contribution is 0.536. The number of fused-ring (bicyclic) bond motifs is 1. The molecule has 4 heteroatoms. The minimum absolute atomic E-state index is 0.471. The van der Waals surface area contributed by atoms with Crippen LogP contribution in [-0.4, -0.2) is 16.1 Å². The Hall–Kier alpha value is -1.29.